The van der Waals surface area contributed by atoms with E-state index in [0.717, 1.165) is 24.7 Å². The van der Waals surface area contributed by atoms with Gasteiger partial charge in [-0.2, -0.15) is 0 Å². The molecule has 2 nitrogen and oxygen atoms in total. The van der Waals surface area contributed by atoms with E-state index in [9.17, 15) is 0 Å². The van der Waals surface area contributed by atoms with Crippen LogP contribution in [-0.4, -0.2) is 19.8 Å². The summed E-state index contributed by atoms with van der Waals surface area (Å²) in [6.07, 6.45) is 0.987. The number of hydrogen-bond acceptors (Lipinski definition) is 2. The number of ether oxygens (including phenoxy) is 1. The van der Waals surface area contributed by atoms with Crippen LogP contribution < -0.4 is 5.73 Å². The van der Waals surface area contributed by atoms with E-state index in [1.807, 2.05) is 12.1 Å². The van der Waals surface area contributed by atoms with E-state index in [0.29, 0.717) is 6.54 Å². The van der Waals surface area contributed by atoms with Gasteiger partial charge in [0.2, 0.25) is 0 Å². The van der Waals surface area contributed by atoms with Gasteiger partial charge in [0, 0.05) is 17.0 Å². The predicted octanol–water partition coefficient (Wildman–Crippen LogP) is 1.86. The lowest BCUT2D eigenvalue weighted by Crippen LogP contribution is -2.49. The summed E-state index contributed by atoms with van der Waals surface area (Å²) in [6.45, 7) is 2.26. The van der Waals surface area contributed by atoms with E-state index in [4.69, 9.17) is 22.1 Å². The first-order chi connectivity index (χ1) is 6.74. The van der Waals surface area contributed by atoms with Crippen molar-refractivity contribution in [2.24, 2.45) is 11.1 Å². The van der Waals surface area contributed by atoms with Crippen LogP contribution in [0.25, 0.3) is 0 Å². The molecule has 1 aliphatic rings. The highest BCUT2D eigenvalue weighted by atomic mass is 35.5. The quantitative estimate of drug-likeness (QED) is 0.829. The summed E-state index contributed by atoms with van der Waals surface area (Å²) in [7, 11) is 0. The molecular weight excluding hydrogens is 198 g/mol. The maximum Gasteiger partial charge on any atom is 0.0560 e. The number of benzene rings is 1. The van der Waals surface area contributed by atoms with Crippen LogP contribution >= 0.6 is 11.6 Å². The van der Waals surface area contributed by atoms with Crippen LogP contribution in [-0.2, 0) is 11.2 Å². The molecule has 2 N–H and O–H groups in total. The molecule has 0 radical (unpaired) electrons. The van der Waals surface area contributed by atoms with E-state index < -0.39 is 0 Å². The molecule has 0 amide bonds. The monoisotopic (exact) mass is 211 g/mol. The van der Waals surface area contributed by atoms with Gasteiger partial charge in [-0.15, -0.1) is 0 Å². The minimum atomic E-state index is 0.174. The molecule has 14 heavy (non-hydrogen) atoms. The lowest BCUT2D eigenvalue weighted by Gasteiger charge is -2.40. The average Bonchev–Trinajstić information content (AvgIpc) is 2.15. The minimum Gasteiger partial charge on any atom is -0.380 e. The first-order valence-electron chi connectivity index (χ1n) is 4.76. The fraction of sp³-hybridized carbons (Fsp3) is 0.455. The lowest BCUT2D eigenvalue weighted by atomic mass is 9.80. The Labute approximate surface area is 89.0 Å². The molecule has 1 aromatic carbocycles. The topological polar surface area (TPSA) is 35.2 Å². The van der Waals surface area contributed by atoms with Gasteiger partial charge in [0.1, 0.15) is 0 Å². The summed E-state index contributed by atoms with van der Waals surface area (Å²) in [4.78, 5) is 0. The fourth-order valence-corrected chi connectivity index (χ4v) is 1.84. The number of rotatable bonds is 3. The molecule has 1 aliphatic heterocycles. The Hall–Kier alpha value is -0.570. The highest BCUT2D eigenvalue weighted by molar-refractivity contribution is 6.30. The second-order valence-corrected chi connectivity index (χ2v) is 4.44. The van der Waals surface area contributed by atoms with Gasteiger partial charge in [-0.05, 0) is 24.1 Å². The van der Waals surface area contributed by atoms with Gasteiger partial charge in [-0.3, -0.25) is 0 Å². The zero-order valence-electron chi connectivity index (χ0n) is 8.00. The van der Waals surface area contributed by atoms with Gasteiger partial charge in [-0.1, -0.05) is 23.7 Å². The Kier molecular flexibility index (Phi) is 2.77. The van der Waals surface area contributed by atoms with Crippen LogP contribution in [0.1, 0.15) is 5.56 Å². The van der Waals surface area contributed by atoms with Crippen molar-refractivity contribution in [3.05, 3.63) is 34.9 Å². The van der Waals surface area contributed by atoms with E-state index >= 15 is 0 Å². The number of nitrogens with two attached hydrogens (primary N) is 1. The van der Waals surface area contributed by atoms with E-state index in [2.05, 4.69) is 12.1 Å². The molecule has 0 unspecified atom stereocenters. The Morgan fingerprint density at radius 3 is 2.36 bits per heavy atom. The van der Waals surface area contributed by atoms with Crippen LogP contribution in [0.2, 0.25) is 5.02 Å². The van der Waals surface area contributed by atoms with Gasteiger partial charge in [0.05, 0.1) is 13.2 Å². The molecule has 0 spiro atoms. The van der Waals surface area contributed by atoms with Crippen molar-refractivity contribution in [3.8, 4) is 0 Å². The maximum absolute atomic E-state index is 5.82. The summed E-state index contributed by atoms with van der Waals surface area (Å²) in [5, 5.41) is 0.778. The summed E-state index contributed by atoms with van der Waals surface area (Å²) in [5.41, 5.74) is 7.20. The van der Waals surface area contributed by atoms with Crippen molar-refractivity contribution >= 4 is 11.6 Å². The predicted molar refractivity (Wildman–Crippen MR) is 57.5 cm³/mol. The first kappa shape index (κ1) is 9.97. The molecule has 0 saturated carbocycles. The average molecular weight is 212 g/mol. The Morgan fingerprint density at radius 1 is 1.29 bits per heavy atom. The third-order valence-electron chi connectivity index (χ3n) is 2.74. The van der Waals surface area contributed by atoms with Crippen LogP contribution in [0.5, 0.6) is 0 Å². The van der Waals surface area contributed by atoms with E-state index in [-0.39, 0.29) is 5.41 Å². The van der Waals surface area contributed by atoms with Gasteiger partial charge in [0.15, 0.2) is 0 Å². The summed E-state index contributed by atoms with van der Waals surface area (Å²) < 4.78 is 5.22. The zero-order chi connectivity index (χ0) is 10.0. The summed E-state index contributed by atoms with van der Waals surface area (Å²) in [6, 6.07) is 7.94. The first-order valence-corrected chi connectivity index (χ1v) is 5.14. The van der Waals surface area contributed by atoms with Crippen molar-refractivity contribution in [1.29, 1.82) is 0 Å². The number of hydrogen-bond donors (Lipinski definition) is 1. The van der Waals surface area contributed by atoms with Crippen LogP contribution in [0.3, 0.4) is 0 Å². The Balaban J connectivity index is 2.06. The molecule has 1 saturated heterocycles. The molecule has 1 fully saturated rings. The van der Waals surface area contributed by atoms with Gasteiger partial charge < -0.3 is 10.5 Å². The highest BCUT2D eigenvalue weighted by Gasteiger charge is 2.37. The highest BCUT2D eigenvalue weighted by Crippen LogP contribution is 2.30. The Bertz CT molecular complexity index is 300. The van der Waals surface area contributed by atoms with Crippen LogP contribution in [0.4, 0.5) is 0 Å². The fourth-order valence-electron chi connectivity index (χ4n) is 1.72. The SMILES string of the molecule is NCC1(Cc2ccc(Cl)cc2)COC1. The molecule has 76 valence electrons. The molecular formula is C11H14ClNO. The van der Waals surface area contributed by atoms with Crippen molar-refractivity contribution in [3.63, 3.8) is 0 Å². The minimum absolute atomic E-state index is 0.174. The standard InChI is InChI=1S/C11H14ClNO/c12-10-3-1-9(2-4-10)5-11(6-13)7-14-8-11/h1-4H,5-8,13H2. The second kappa shape index (κ2) is 3.89. The van der Waals surface area contributed by atoms with Crippen LogP contribution in [0.15, 0.2) is 24.3 Å². The molecule has 1 aromatic rings. The third-order valence-corrected chi connectivity index (χ3v) is 2.99. The van der Waals surface area contributed by atoms with Gasteiger partial charge in [-0.25, -0.2) is 0 Å². The zero-order valence-corrected chi connectivity index (χ0v) is 8.76. The maximum atomic E-state index is 5.82. The molecule has 0 atom stereocenters. The normalized spacial score (nSPS) is 19.0. The second-order valence-electron chi connectivity index (χ2n) is 4.00. The molecule has 0 aliphatic carbocycles. The van der Waals surface area contributed by atoms with Crippen molar-refractivity contribution in [2.75, 3.05) is 19.8 Å². The van der Waals surface area contributed by atoms with Crippen molar-refractivity contribution in [2.45, 2.75) is 6.42 Å². The smallest absolute Gasteiger partial charge is 0.0560 e. The molecule has 0 bridgehead atoms. The summed E-state index contributed by atoms with van der Waals surface area (Å²) in [5.74, 6) is 0. The van der Waals surface area contributed by atoms with E-state index in [1.54, 1.807) is 0 Å². The van der Waals surface area contributed by atoms with Crippen molar-refractivity contribution < 1.29 is 4.74 Å². The molecule has 2 rings (SSSR count). The van der Waals surface area contributed by atoms with Gasteiger partial charge in [0.25, 0.3) is 0 Å². The largest absolute Gasteiger partial charge is 0.380 e. The van der Waals surface area contributed by atoms with E-state index in [1.165, 1.54) is 5.56 Å². The number of halogens is 1. The van der Waals surface area contributed by atoms with Gasteiger partial charge >= 0.3 is 0 Å². The Morgan fingerprint density at radius 2 is 1.93 bits per heavy atom. The third kappa shape index (κ3) is 1.92. The summed E-state index contributed by atoms with van der Waals surface area (Å²) >= 11 is 5.82. The molecule has 0 aromatic heterocycles. The lowest BCUT2D eigenvalue weighted by molar-refractivity contribution is -0.106. The van der Waals surface area contributed by atoms with Crippen LogP contribution in [0, 0.1) is 5.41 Å². The van der Waals surface area contributed by atoms with Crippen molar-refractivity contribution in [1.82, 2.24) is 0 Å². The molecule has 3 heteroatoms. The molecule has 1 heterocycles.